The largest absolute Gasteiger partial charge is 0.496 e. The molecule has 11 heteroatoms. The van der Waals surface area contributed by atoms with Crippen LogP contribution in [0, 0.1) is 17.8 Å². The molecular formula is C42H58N4O7. The maximum absolute atomic E-state index is 12.9. The Kier molecular flexibility index (Phi) is 13.5. The van der Waals surface area contributed by atoms with Crippen LogP contribution in [0.25, 0.3) is 21.8 Å². The van der Waals surface area contributed by atoms with Gasteiger partial charge in [0.05, 0.1) is 14.2 Å². The summed E-state index contributed by atoms with van der Waals surface area (Å²) in [6.45, 7) is 3.17. The van der Waals surface area contributed by atoms with Crippen LogP contribution in [0.5, 0.6) is 11.5 Å². The SMILES string of the molecule is CN.CNC(=O)CC(c1c[nH]c2cccc(OC)c12)C1CCCCC1.COc1cccc2[nH]cc(C(C3CCCCC3)C3C(=O)OC(C)(C)OC3=O)c12. The molecule has 2 unspecified atom stereocenters. The zero-order valence-corrected chi connectivity index (χ0v) is 32.2. The van der Waals surface area contributed by atoms with Crippen molar-refractivity contribution in [3.05, 3.63) is 59.9 Å². The zero-order chi connectivity index (χ0) is 38.1. The Labute approximate surface area is 313 Å². The number of hydrogen-bond donors (Lipinski definition) is 4. The lowest BCUT2D eigenvalue weighted by atomic mass is 9.70. The minimum atomic E-state index is -1.22. The molecule has 3 heterocycles. The lowest BCUT2D eigenvalue weighted by molar-refractivity contribution is -0.242. The smallest absolute Gasteiger partial charge is 0.324 e. The highest BCUT2D eigenvalue weighted by Gasteiger charge is 2.50. The van der Waals surface area contributed by atoms with Crippen molar-refractivity contribution in [1.82, 2.24) is 15.3 Å². The molecule has 1 saturated heterocycles. The Morgan fingerprint density at radius 1 is 0.792 bits per heavy atom. The number of cyclic esters (lactones) is 2. The first-order chi connectivity index (χ1) is 25.7. The van der Waals surface area contributed by atoms with Gasteiger partial charge in [-0.1, -0.05) is 50.7 Å². The fourth-order valence-electron chi connectivity index (χ4n) is 8.84. The number of nitrogens with one attached hydrogen (secondary N) is 3. The van der Waals surface area contributed by atoms with Crippen molar-refractivity contribution in [2.75, 3.05) is 28.3 Å². The second-order valence-corrected chi connectivity index (χ2v) is 14.8. The van der Waals surface area contributed by atoms with E-state index in [0.29, 0.717) is 12.3 Å². The predicted octanol–water partition coefficient (Wildman–Crippen LogP) is 7.84. The van der Waals surface area contributed by atoms with Gasteiger partial charge < -0.3 is 40.0 Å². The number of H-pyrrole nitrogens is 2. The number of methoxy groups -OCH3 is 2. The van der Waals surface area contributed by atoms with E-state index in [4.69, 9.17) is 18.9 Å². The van der Waals surface area contributed by atoms with E-state index in [2.05, 4.69) is 33.3 Å². The molecule has 5 N–H and O–H groups in total. The molecule has 1 amide bonds. The maximum Gasteiger partial charge on any atom is 0.324 e. The van der Waals surface area contributed by atoms with Gasteiger partial charge in [-0.15, -0.1) is 0 Å². The molecule has 1 aliphatic heterocycles. The molecule has 2 atom stereocenters. The molecule has 7 rings (SSSR count). The fourth-order valence-corrected chi connectivity index (χ4v) is 8.84. The summed E-state index contributed by atoms with van der Waals surface area (Å²) >= 11 is 0. The van der Waals surface area contributed by atoms with Crippen LogP contribution in [-0.2, 0) is 23.9 Å². The van der Waals surface area contributed by atoms with Crippen LogP contribution in [0.2, 0.25) is 0 Å². The van der Waals surface area contributed by atoms with E-state index in [0.717, 1.165) is 64.6 Å². The molecule has 4 aromatic rings. The van der Waals surface area contributed by atoms with E-state index < -0.39 is 23.6 Å². The van der Waals surface area contributed by atoms with Crippen molar-refractivity contribution in [1.29, 1.82) is 0 Å². The number of carbonyl (C=O) groups is 3. The molecule has 288 valence electrons. The first kappa shape index (κ1) is 39.7. The van der Waals surface area contributed by atoms with E-state index in [9.17, 15) is 14.4 Å². The quantitative estimate of drug-likeness (QED) is 0.100. The third-order valence-corrected chi connectivity index (χ3v) is 11.2. The Hall–Kier alpha value is -4.51. The van der Waals surface area contributed by atoms with Gasteiger partial charge in [-0.05, 0) is 85.9 Å². The van der Waals surface area contributed by atoms with E-state index in [1.54, 1.807) is 35.1 Å². The number of carbonyl (C=O) groups excluding carboxylic acids is 3. The lowest BCUT2D eigenvalue weighted by Gasteiger charge is -2.39. The van der Waals surface area contributed by atoms with Crippen LogP contribution in [0.4, 0.5) is 0 Å². The third-order valence-electron chi connectivity index (χ3n) is 11.2. The number of ether oxygens (including phenoxy) is 4. The standard InChI is InChI=1S/C22H27NO5.C19H26N2O2.CH5N/c1-22(2)27-20(24)19(21(25)28-22)17(13-8-5-4-6-9-13)14-12-23-15-10-7-11-16(26-3)18(14)15;1-20-18(22)11-14(13-7-4-3-5-8-13)15-12-21-16-9-6-10-17(23-2)19(15)16;1-2/h7,10-13,17,19,23H,4-6,8-9H2,1-3H3;6,9-10,12-14,21H,3-5,7-8,11H2,1-2H3,(H,20,22);2H2,1H3. The molecule has 11 nitrogen and oxygen atoms in total. The first-order valence-electron chi connectivity index (χ1n) is 19.2. The number of aromatic nitrogens is 2. The van der Waals surface area contributed by atoms with Gasteiger partial charge in [0.2, 0.25) is 5.91 Å². The number of nitrogens with two attached hydrogens (primary N) is 1. The number of aromatic amines is 2. The molecule has 0 radical (unpaired) electrons. The number of hydrogen-bond acceptors (Lipinski definition) is 8. The summed E-state index contributed by atoms with van der Waals surface area (Å²) in [6, 6.07) is 11.9. The van der Waals surface area contributed by atoms with Gasteiger partial charge in [-0.2, -0.15) is 0 Å². The molecule has 0 spiro atoms. The average Bonchev–Trinajstić information content (AvgIpc) is 3.81. The third kappa shape index (κ3) is 8.83. The Balaban J connectivity index is 0.000000199. The van der Waals surface area contributed by atoms with Crippen LogP contribution < -0.4 is 20.5 Å². The number of benzene rings is 2. The van der Waals surface area contributed by atoms with Gasteiger partial charge in [-0.25, -0.2) is 0 Å². The molecular weight excluding hydrogens is 672 g/mol. The van der Waals surface area contributed by atoms with Gasteiger partial charge in [0.25, 0.3) is 5.79 Å². The monoisotopic (exact) mass is 730 g/mol. The van der Waals surface area contributed by atoms with Crippen molar-refractivity contribution in [2.24, 2.45) is 23.5 Å². The van der Waals surface area contributed by atoms with Gasteiger partial charge in [0.15, 0.2) is 5.92 Å². The van der Waals surface area contributed by atoms with Crippen LogP contribution in [0.3, 0.4) is 0 Å². The number of esters is 2. The normalized spacial score (nSPS) is 19.2. The van der Waals surface area contributed by atoms with Crippen molar-refractivity contribution in [3.63, 3.8) is 0 Å². The second kappa shape index (κ2) is 18.0. The highest BCUT2D eigenvalue weighted by Crippen LogP contribution is 2.47. The first-order valence-corrected chi connectivity index (χ1v) is 19.2. The van der Waals surface area contributed by atoms with Crippen molar-refractivity contribution in [2.45, 2.75) is 102 Å². The van der Waals surface area contributed by atoms with Crippen molar-refractivity contribution in [3.8, 4) is 11.5 Å². The molecule has 0 bridgehead atoms. The molecule has 53 heavy (non-hydrogen) atoms. The van der Waals surface area contributed by atoms with Gasteiger partial charge in [0, 0.05) is 67.4 Å². The summed E-state index contributed by atoms with van der Waals surface area (Å²) in [5.74, 6) is -0.716. The maximum atomic E-state index is 12.9. The average molecular weight is 731 g/mol. The van der Waals surface area contributed by atoms with Crippen LogP contribution in [-0.4, -0.2) is 61.9 Å². The minimum absolute atomic E-state index is 0.116. The second-order valence-electron chi connectivity index (χ2n) is 14.8. The number of fused-ring (bicyclic) bond motifs is 2. The highest BCUT2D eigenvalue weighted by atomic mass is 16.7. The minimum Gasteiger partial charge on any atom is -0.496 e. The number of amides is 1. The highest BCUT2D eigenvalue weighted by molar-refractivity contribution is 5.99. The molecule has 2 aromatic heterocycles. The van der Waals surface area contributed by atoms with Crippen LogP contribution in [0.15, 0.2) is 48.8 Å². The van der Waals surface area contributed by atoms with Gasteiger partial charge in [0.1, 0.15) is 11.5 Å². The fraction of sp³-hybridized carbons (Fsp3) is 0.548. The summed E-state index contributed by atoms with van der Waals surface area (Å²) in [6.07, 6.45) is 16.2. The van der Waals surface area contributed by atoms with E-state index in [1.165, 1.54) is 51.1 Å². The topological polar surface area (TPSA) is 158 Å². The molecule has 2 saturated carbocycles. The number of rotatable bonds is 9. The van der Waals surface area contributed by atoms with Crippen LogP contribution in [0.1, 0.15) is 107 Å². The summed E-state index contributed by atoms with van der Waals surface area (Å²) < 4.78 is 22.1. The summed E-state index contributed by atoms with van der Waals surface area (Å²) in [5, 5.41) is 4.85. The Bertz CT molecular complexity index is 1810. The van der Waals surface area contributed by atoms with Crippen molar-refractivity contribution >= 4 is 39.7 Å². The molecule has 2 aliphatic carbocycles. The Morgan fingerprint density at radius 3 is 1.75 bits per heavy atom. The van der Waals surface area contributed by atoms with Crippen LogP contribution >= 0.6 is 0 Å². The van der Waals surface area contributed by atoms with E-state index in [-0.39, 0.29) is 23.7 Å². The van der Waals surface area contributed by atoms with Crippen molar-refractivity contribution < 1.29 is 33.3 Å². The predicted molar refractivity (Wildman–Crippen MR) is 207 cm³/mol. The summed E-state index contributed by atoms with van der Waals surface area (Å²) in [5.41, 5.74) is 8.66. The van der Waals surface area contributed by atoms with Gasteiger partial charge >= 0.3 is 11.9 Å². The van der Waals surface area contributed by atoms with E-state index >= 15 is 0 Å². The van der Waals surface area contributed by atoms with E-state index in [1.807, 2.05) is 36.5 Å². The van der Waals surface area contributed by atoms with Gasteiger partial charge in [-0.3, -0.25) is 14.4 Å². The molecule has 3 aliphatic rings. The summed E-state index contributed by atoms with van der Waals surface area (Å²) in [7, 11) is 6.56. The zero-order valence-electron chi connectivity index (χ0n) is 32.2. The Morgan fingerprint density at radius 2 is 1.26 bits per heavy atom. The molecule has 2 aromatic carbocycles. The lowest BCUT2D eigenvalue weighted by Crippen LogP contribution is -2.49. The molecule has 3 fully saturated rings. The summed E-state index contributed by atoms with van der Waals surface area (Å²) in [4.78, 5) is 44.6.